The molecule has 1 saturated carbocycles. The fourth-order valence-electron chi connectivity index (χ4n) is 3.43. The van der Waals surface area contributed by atoms with E-state index in [1.807, 2.05) is 0 Å². The molecule has 0 unspecified atom stereocenters. The van der Waals surface area contributed by atoms with Crippen molar-refractivity contribution in [3.63, 3.8) is 0 Å². The van der Waals surface area contributed by atoms with Crippen LogP contribution in [0.5, 0.6) is 0 Å². The first-order valence-corrected chi connectivity index (χ1v) is 7.65. The van der Waals surface area contributed by atoms with Gasteiger partial charge in [0.2, 0.25) is 0 Å². The van der Waals surface area contributed by atoms with Gasteiger partial charge in [-0.3, -0.25) is 9.69 Å². The van der Waals surface area contributed by atoms with Crippen molar-refractivity contribution in [2.75, 3.05) is 19.8 Å². The third kappa shape index (κ3) is 2.68. The molecule has 0 aromatic carbocycles. The number of nitrogens with zero attached hydrogens (tertiary/aromatic N) is 2. The van der Waals surface area contributed by atoms with Gasteiger partial charge in [0.25, 0.3) is 5.91 Å². The SMILES string of the molecule is C[C@@]1(C2CC2)NC(=O)N(CN2CCC[C@H](C(F)(F)F)C2)C1=O. The van der Waals surface area contributed by atoms with Gasteiger partial charge in [-0.1, -0.05) is 0 Å². The van der Waals surface area contributed by atoms with Crippen molar-refractivity contribution >= 4 is 11.9 Å². The van der Waals surface area contributed by atoms with Gasteiger partial charge in [0.1, 0.15) is 5.54 Å². The number of imide groups is 1. The molecule has 3 fully saturated rings. The first kappa shape index (κ1) is 15.6. The molecule has 22 heavy (non-hydrogen) atoms. The Morgan fingerprint density at radius 1 is 1.27 bits per heavy atom. The zero-order valence-electron chi connectivity index (χ0n) is 12.4. The van der Waals surface area contributed by atoms with Crippen molar-refractivity contribution in [1.82, 2.24) is 15.1 Å². The normalized spacial score (nSPS) is 34.2. The molecular formula is C14H20F3N3O2. The maximum absolute atomic E-state index is 12.8. The lowest BCUT2D eigenvalue weighted by Crippen LogP contribution is -2.49. The molecular weight excluding hydrogens is 299 g/mol. The van der Waals surface area contributed by atoms with Crippen molar-refractivity contribution in [1.29, 1.82) is 0 Å². The molecule has 2 saturated heterocycles. The Labute approximate surface area is 126 Å². The molecule has 2 atom stereocenters. The summed E-state index contributed by atoms with van der Waals surface area (Å²) >= 11 is 0. The van der Waals surface area contributed by atoms with E-state index in [4.69, 9.17) is 0 Å². The molecule has 1 aliphatic carbocycles. The number of urea groups is 1. The molecule has 2 aliphatic heterocycles. The van der Waals surface area contributed by atoms with E-state index in [-0.39, 0.29) is 31.5 Å². The summed E-state index contributed by atoms with van der Waals surface area (Å²) in [5.74, 6) is -1.54. The Morgan fingerprint density at radius 2 is 1.95 bits per heavy atom. The maximum Gasteiger partial charge on any atom is 0.393 e. The van der Waals surface area contributed by atoms with Gasteiger partial charge in [-0.25, -0.2) is 9.69 Å². The second-order valence-electron chi connectivity index (χ2n) is 6.74. The number of piperidine rings is 1. The van der Waals surface area contributed by atoms with Crippen molar-refractivity contribution in [3.05, 3.63) is 0 Å². The summed E-state index contributed by atoms with van der Waals surface area (Å²) in [5, 5.41) is 2.71. The molecule has 8 heteroatoms. The largest absolute Gasteiger partial charge is 0.393 e. The average Bonchev–Trinajstić information content (AvgIpc) is 3.25. The van der Waals surface area contributed by atoms with Gasteiger partial charge in [-0.05, 0) is 45.1 Å². The lowest BCUT2D eigenvalue weighted by Gasteiger charge is -2.35. The van der Waals surface area contributed by atoms with E-state index in [9.17, 15) is 22.8 Å². The predicted molar refractivity (Wildman–Crippen MR) is 71.7 cm³/mol. The van der Waals surface area contributed by atoms with Gasteiger partial charge in [0.15, 0.2) is 0 Å². The highest BCUT2D eigenvalue weighted by molar-refractivity contribution is 6.07. The quantitative estimate of drug-likeness (QED) is 0.809. The van der Waals surface area contributed by atoms with Crippen LogP contribution in [0.1, 0.15) is 32.6 Å². The molecule has 3 aliphatic rings. The number of rotatable bonds is 3. The number of hydrogen-bond donors (Lipinski definition) is 1. The summed E-state index contributed by atoms with van der Waals surface area (Å²) in [6.45, 7) is 1.98. The van der Waals surface area contributed by atoms with Crippen LogP contribution in [0.3, 0.4) is 0 Å². The first-order valence-electron chi connectivity index (χ1n) is 7.65. The zero-order chi connectivity index (χ0) is 16.1. The highest BCUT2D eigenvalue weighted by Crippen LogP contribution is 2.42. The van der Waals surface area contributed by atoms with Gasteiger partial charge in [-0.2, -0.15) is 13.2 Å². The molecule has 0 bridgehead atoms. The van der Waals surface area contributed by atoms with Crippen molar-refractivity contribution in [3.8, 4) is 0 Å². The van der Waals surface area contributed by atoms with Gasteiger partial charge in [-0.15, -0.1) is 0 Å². The second kappa shape index (κ2) is 5.11. The molecule has 0 radical (unpaired) electrons. The monoisotopic (exact) mass is 319 g/mol. The number of amides is 3. The Morgan fingerprint density at radius 3 is 2.55 bits per heavy atom. The second-order valence-corrected chi connectivity index (χ2v) is 6.74. The highest BCUT2D eigenvalue weighted by atomic mass is 19.4. The predicted octanol–water partition coefficient (Wildman–Crippen LogP) is 1.94. The topological polar surface area (TPSA) is 52.7 Å². The Bertz CT molecular complexity index is 492. The smallest absolute Gasteiger partial charge is 0.323 e. The molecule has 3 amide bonds. The Kier molecular flexibility index (Phi) is 3.62. The van der Waals surface area contributed by atoms with Crippen LogP contribution in [-0.2, 0) is 4.79 Å². The molecule has 0 aromatic heterocycles. The zero-order valence-corrected chi connectivity index (χ0v) is 12.4. The number of carbonyl (C=O) groups is 2. The number of hydrogen-bond acceptors (Lipinski definition) is 3. The minimum absolute atomic E-state index is 0.0560. The van der Waals surface area contributed by atoms with Crippen molar-refractivity contribution in [2.45, 2.75) is 44.3 Å². The summed E-state index contributed by atoms with van der Waals surface area (Å²) in [5.41, 5.74) is -0.879. The molecule has 3 rings (SSSR count). The van der Waals surface area contributed by atoms with Crippen molar-refractivity contribution < 1.29 is 22.8 Å². The molecule has 124 valence electrons. The Hall–Kier alpha value is -1.31. The third-order valence-corrected chi connectivity index (χ3v) is 5.00. The Balaban J connectivity index is 1.65. The first-order chi connectivity index (χ1) is 10.2. The average molecular weight is 319 g/mol. The summed E-state index contributed by atoms with van der Waals surface area (Å²) in [7, 11) is 0. The standard InChI is InChI=1S/C14H20F3N3O2/c1-13(9-4-5-9)11(21)20(12(22)18-13)8-19-6-2-3-10(7-19)14(15,16)17/h9-10H,2-8H2,1H3,(H,18,22)/t10-,13-/m0/s1. The summed E-state index contributed by atoms with van der Waals surface area (Å²) in [6.07, 6.45) is -1.89. The van der Waals surface area contributed by atoms with Crippen LogP contribution in [0.15, 0.2) is 0 Å². The van der Waals surface area contributed by atoms with Crippen LogP contribution >= 0.6 is 0 Å². The van der Waals surface area contributed by atoms with Gasteiger partial charge in [0, 0.05) is 6.54 Å². The van der Waals surface area contributed by atoms with Gasteiger partial charge >= 0.3 is 12.2 Å². The summed E-state index contributed by atoms with van der Waals surface area (Å²) in [6, 6.07) is -0.492. The van der Waals surface area contributed by atoms with Crippen LogP contribution in [-0.4, -0.2) is 53.2 Å². The molecule has 2 heterocycles. The van der Waals surface area contributed by atoms with E-state index < -0.39 is 23.7 Å². The van der Waals surface area contributed by atoms with Crippen LogP contribution < -0.4 is 5.32 Å². The van der Waals surface area contributed by atoms with Crippen LogP contribution in [0, 0.1) is 11.8 Å². The van der Waals surface area contributed by atoms with E-state index in [1.54, 1.807) is 11.8 Å². The third-order valence-electron chi connectivity index (χ3n) is 5.00. The summed E-state index contributed by atoms with van der Waals surface area (Å²) < 4.78 is 38.5. The van der Waals surface area contributed by atoms with Gasteiger partial charge in [0.05, 0.1) is 12.6 Å². The number of alkyl halides is 3. The molecule has 0 aromatic rings. The lowest BCUT2D eigenvalue weighted by atomic mass is 9.96. The van der Waals surface area contributed by atoms with Gasteiger partial charge < -0.3 is 5.32 Å². The van der Waals surface area contributed by atoms with Crippen molar-refractivity contribution in [2.24, 2.45) is 11.8 Å². The van der Waals surface area contributed by atoms with Crippen LogP contribution in [0.25, 0.3) is 0 Å². The van der Waals surface area contributed by atoms with E-state index >= 15 is 0 Å². The molecule has 1 N–H and O–H groups in total. The summed E-state index contributed by atoms with van der Waals surface area (Å²) in [4.78, 5) is 27.1. The molecule has 5 nitrogen and oxygen atoms in total. The fraction of sp³-hybridized carbons (Fsp3) is 0.857. The maximum atomic E-state index is 12.8. The number of nitrogens with one attached hydrogen (secondary N) is 1. The molecule has 0 spiro atoms. The minimum atomic E-state index is -4.22. The van der Waals surface area contributed by atoms with Crippen LogP contribution in [0.4, 0.5) is 18.0 Å². The van der Waals surface area contributed by atoms with E-state index in [0.717, 1.165) is 17.7 Å². The van der Waals surface area contributed by atoms with E-state index in [2.05, 4.69) is 5.32 Å². The lowest BCUT2D eigenvalue weighted by molar-refractivity contribution is -0.187. The number of likely N-dealkylation sites (tertiary alicyclic amines) is 1. The van der Waals surface area contributed by atoms with Crippen LogP contribution in [0.2, 0.25) is 0 Å². The number of carbonyl (C=O) groups excluding carboxylic acids is 2. The van der Waals surface area contributed by atoms with E-state index in [1.165, 1.54) is 0 Å². The van der Waals surface area contributed by atoms with E-state index in [0.29, 0.717) is 13.0 Å². The fourth-order valence-corrected chi connectivity index (χ4v) is 3.43. The highest BCUT2D eigenvalue weighted by Gasteiger charge is 2.56. The number of halogens is 3. The minimum Gasteiger partial charge on any atom is -0.323 e.